The van der Waals surface area contributed by atoms with Crippen LogP contribution in [0.2, 0.25) is 5.02 Å². The van der Waals surface area contributed by atoms with E-state index in [0.717, 1.165) is 63.4 Å². The molecule has 32 heavy (non-hydrogen) atoms. The molecule has 0 N–H and O–H groups in total. The second-order valence-corrected chi connectivity index (χ2v) is 9.25. The Morgan fingerprint density at radius 3 is 2.66 bits per heavy atom. The van der Waals surface area contributed by atoms with Crippen LogP contribution in [0.25, 0.3) is 0 Å². The molecule has 2 heterocycles. The molecule has 6 heteroatoms. The maximum Gasteiger partial charge on any atom is 0.257 e. The number of amides is 1. The zero-order valence-electron chi connectivity index (χ0n) is 18.8. The largest absolute Gasteiger partial charge is 0.491 e. The minimum Gasteiger partial charge on any atom is -0.491 e. The number of hydrogen-bond donors (Lipinski definition) is 0. The highest BCUT2D eigenvalue weighted by Gasteiger charge is 2.32. The molecule has 172 valence electrons. The van der Waals surface area contributed by atoms with Crippen LogP contribution < -0.4 is 4.74 Å². The predicted molar refractivity (Wildman–Crippen MR) is 127 cm³/mol. The van der Waals surface area contributed by atoms with E-state index in [9.17, 15) is 4.79 Å². The monoisotopic (exact) mass is 456 g/mol. The van der Waals surface area contributed by atoms with Gasteiger partial charge in [0.15, 0.2) is 0 Å². The first-order valence-corrected chi connectivity index (χ1v) is 12.0. The van der Waals surface area contributed by atoms with Crippen LogP contribution in [0.5, 0.6) is 5.75 Å². The zero-order valence-corrected chi connectivity index (χ0v) is 19.6. The molecule has 5 nitrogen and oxygen atoms in total. The van der Waals surface area contributed by atoms with Crippen LogP contribution >= 0.6 is 11.6 Å². The number of methoxy groups -OCH3 is 1. The van der Waals surface area contributed by atoms with Gasteiger partial charge in [-0.3, -0.25) is 9.69 Å². The van der Waals surface area contributed by atoms with Crippen LogP contribution in [0, 0.1) is 5.92 Å². The lowest BCUT2D eigenvalue weighted by atomic mass is 9.89. The molecule has 0 aliphatic carbocycles. The van der Waals surface area contributed by atoms with Gasteiger partial charge in [-0.05, 0) is 55.6 Å². The Morgan fingerprint density at radius 1 is 1.03 bits per heavy atom. The Labute approximate surface area is 196 Å². The molecule has 2 bridgehead atoms. The molecular weight excluding hydrogens is 424 g/mol. The Kier molecular flexibility index (Phi) is 8.06. The van der Waals surface area contributed by atoms with Gasteiger partial charge in [-0.1, -0.05) is 42.3 Å². The third kappa shape index (κ3) is 5.83. The number of benzene rings is 2. The topological polar surface area (TPSA) is 42.0 Å². The maximum atomic E-state index is 13.3. The Morgan fingerprint density at radius 2 is 1.84 bits per heavy atom. The highest BCUT2D eigenvalue weighted by molar-refractivity contribution is 6.30. The van der Waals surface area contributed by atoms with Crippen LogP contribution in [0.15, 0.2) is 48.5 Å². The molecule has 0 unspecified atom stereocenters. The minimum absolute atomic E-state index is 0.0650. The van der Waals surface area contributed by atoms with Gasteiger partial charge in [0, 0.05) is 44.2 Å². The van der Waals surface area contributed by atoms with Crippen molar-refractivity contribution in [3.8, 4) is 5.75 Å². The van der Waals surface area contributed by atoms with Gasteiger partial charge in [0.1, 0.15) is 12.4 Å². The first-order valence-electron chi connectivity index (χ1n) is 11.6. The van der Waals surface area contributed by atoms with Crippen molar-refractivity contribution >= 4 is 17.5 Å². The summed E-state index contributed by atoms with van der Waals surface area (Å²) in [6.07, 6.45) is 4.43. The Balaban J connectivity index is 1.52. The van der Waals surface area contributed by atoms with Gasteiger partial charge in [-0.15, -0.1) is 0 Å². The number of piperidine rings is 1. The number of carbonyl (C=O) groups is 1. The van der Waals surface area contributed by atoms with Crippen molar-refractivity contribution in [1.29, 1.82) is 0 Å². The molecule has 2 aliphatic rings. The third-order valence-electron chi connectivity index (χ3n) is 6.66. The van der Waals surface area contributed by atoms with Gasteiger partial charge in [0.2, 0.25) is 0 Å². The fourth-order valence-electron chi connectivity index (χ4n) is 4.87. The first-order chi connectivity index (χ1) is 15.6. The van der Waals surface area contributed by atoms with E-state index in [-0.39, 0.29) is 12.0 Å². The number of fused-ring (bicyclic) bond motifs is 3. The van der Waals surface area contributed by atoms with Crippen LogP contribution in [-0.2, 0) is 11.3 Å². The molecular formula is C26H33ClN2O3. The van der Waals surface area contributed by atoms with Crippen molar-refractivity contribution in [3.63, 3.8) is 0 Å². The Bertz CT molecular complexity index is 889. The van der Waals surface area contributed by atoms with Gasteiger partial charge < -0.3 is 14.4 Å². The number of para-hydroxylation sites is 1. The molecule has 2 atom stereocenters. The van der Waals surface area contributed by atoms with E-state index in [1.807, 2.05) is 41.3 Å². The summed E-state index contributed by atoms with van der Waals surface area (Å²) in [4.78, 5) is 17.7. The van der Waals surface area contributed by atoms with Crippen molar-refractivity contribution in [3.05, 3.63) is 64.7 Å². The lowest BCUT2D eigenvalue weighted by molar-refractivity contribution is -0.00702. The van der Waals surface area contributed by atoms with Crippen LogP contribution in [0.4, 0.5) is 0 Å². The van der Waals surface area contributed by atoms with Crippen molar-refractivity contribution in [1.82, 2.24) is 9.80 Å². The molecule has 1 fully saturated rings. The van der Waals surface area contributed by atoms with Gasteiger partial charge in [-0.2, -0.15) is 0 Å². The summed E-state index contributed by atoms with van der Waals surface area (Å²) in [5, 5.41) is 0.758. The van der Waals surface area contributed by atoms with E-state index >= 15 is 0 Å². The number of rotatable bonds is 3. The number of ether oxygens (including phenoxy) is 2. The van der Waals surface area contributed by atoms with Gasteiger partial charge in [0.25, 0.3) is 5.91 Å². The van der Waals surface area contributed by atoms with E-state index in [1.54, 1.807) is 7.11 Å². The third-order valence-corrected chi connectivity index (χ3v) is 6.91. The average molecular weight is 457 g/mol. The van der Waals surface area contributed by atoms with Crippen LogP contribution in [0.1, 0.15) is 41.6 Å². The molecule has 2 aromatic carbocycles. The molecule has 0 radical (unpaired) electrons. The van der Waals surface area contributed by atoms with Gasteiger partial charge in [0.05, 0.1) is 11.7 Å². The molecule has 0 aromatic heterocycles. The van der Waals surface area contributed by atoms with Crippen molar-refractivity contribution in [2.75, 3.05) is 39.9 Å². The summed E-state index contributed by atoms with van der Waals surface area (Å²) in [5.41, 5.74) is 1.90. The summed E-state index contributed by atoms with van der Waals surface area (Å²) in [5.74, 6) is 1.11. The van der Waals surface area contributed by atoms with Crippen LogP contribution in [-0.4, -0.2) is 61.7 Å². The summed E-state index contributed by atoms with van der Waals surface area (Å²) >= 11 is 6.06. The lowest BCUT2D eigenvalue weighted by Gasteiger charge is -2.38. The van der Waals surface area contributed by atoms with Crippen LogP contribution in [0.3, 0.4) is 0 Å². The molecule has 1 amide bonds. The van der Waals surface area contributed by atoms with E-state index in [4.69, 9.17) is 21.1 Å². The van der Waals surface area contributed by atoms with E-state index in [1.165, 1.54) is 5.56 Å². The van der Waals surface area contributed by atoms with E-state index in [2.05, 4.69) is 17.0 Å². The molecule has 2 aliphatic heterocycles. The highest BCUT2D eigenvalue weighted by atomic mass is 35.5. The minimum atomic E-state index is 0.0650. The lowest BCUT2D eigenvalue weighted by Crippen LogP contribution is -2.46. The fourth-order valence-corrected chi connectivity index (χ4v) is 4.99. The summed E-state index contributed by atoms with van der Waals surface area (Å²) in [6.45, 7) is 4.71. The summed E-state index contributed by atoms with van der Waals surface area (Å²) < 4.78 is 11.9. The number of halogens is 1. The highest BCUT2D eigenvalue weighted by Crippen LogP contribution is 2.28. The maximum absolute atomic E-state index is 13.3. The predicted octanol–water partition coefficient (Wildman–Crippen LogP) is 4.88. The van der Waals surface area contributed by atoms with Crippen molar-refractivity contribution in [2.45, 2.75) is 38.3 Å². The second kappa shape index (κ2) is 11.2. The number of hydrogen-bond acceptors (Lipinski definition) is 4. The van der Waals surface area contributed by atoms with Gasteiger partial charge in [-0.25, -0.2) is 0 Å². The smallest absolute Gasteiger partial charge is 0.257 e. The molecule has 0 saturated carbocycles. The molecule has 0 spiro atoms. The Hall–Kier alpha value is -2.08. The van der Waals surface area contributed by atoms with Crippen molar-refractivity contribution in [2.24, 2.45) is 5.92 Å². The SMILES string of the molecule is CO[C@H]1CCN2C[C@H]1CCCCN(Cc1ccc(Cl)cc1)CCOc1ccccc1C2=O. The molecule has 2 aromatic rings. The first kappa shape index (κ1) is 23.1. The standard InChI is InChI=1S/C26H33ClN2O3/c1-31-24-13-15-29-19-21(24)6-4-5-14-28(18-20-9-11-22(27)12-10-20)16-17-32-25-8-3-2-7-23(25)26(29)30/h2-3,7-12,21,24H,4-6,13-19H2,1H3/t21-,24+/m1/s1. The number of carbonyl (C=O) groups excluding carboxylic acids is 1. The van der Waals surface area contributed by atoms with Gasteiger partial charge >= 0.3 is 0 Å². The normalized spacial score (nSPS) is 23.2. The summed E-state index contributed by atoms with van der Waals surface area (Å²) in [6, 6.07) is 15.7. The second-order valence-electron chi connectivity index (χ2n) is 8.82. The van der Waals surface area contributed by atoms with E-state index in [0.29, 0.717) is 23.8 Å². The zero-order chi connectivity index (χ0) is 22.3. The van der Waals surface area contributed by atoms with E-state index < -0.39 is 0 Å². The molecule has 4 rings (SSSR count). The molecule has 1 saturated heterocycles. The quantitative estimate of drug-likeness (QED) is 0.660. The number of nitrogens with zero attached hydrogens (tertiary/aromatic N) is 2. The fraction of sp³-hybridized carbons (Fsp3) is 0.500. The average Bonchev–Trinajstić information content (AvgIpc) is 2.82. The van der Waals surface area contributed by atoms with Crippen molar-refractivity contribution < 1.29 is 14.3 Å². The summed E-state index contributed by atoms with van der Waals surface area (Å²) in [7, 11) is 1.80.